The summed E-state index contributed by atoms with van der Waals surface area (Å²) >= 11 is 0. The molecule has 0 radical (unpaired) electrons. The number of aromatic nitrogens is 2. The molecule has 0 saturated carbocycles. The Kier molecular flexibility index (Phi) is 3.15. The third-order valence-corrected chi connectivity index (χ3v) is 2.89. The Labute approximate surface area is 101 Å². The fraction of sp³-hybridized carbons (Fsp3) is 0.308. The lowest BCUT2D eigenvalue weighted by Crippen LogP contribution is -2.38. The molecule has 1 atom stereocenters. The summed E-state index contributed by atoms with van der Waals surface area (Å²) in [5.41, 5.74) is 0.660. The predicted molar refractivity (Wildman–Crippen MR) is 61.4 cm³/mol. The molecule has 4 nitrogen and oxygen atoms in total. The first-order valence-corrected chi connectivity index (χ1v) is 5.44. The van der Waals surface area contributed by atoms with E-state index in [-0.39, 0.29) is 0 Å². The van der Waals surface area contributed by atoms with E-state index >= 15 is 0 Å². The Morgan fingerprint density at radius 1 is 1.35 bits per heavy atom. The maximum absolute atomic E-state index is 12.5. The lowest BCUT2D eigenvalue weighted by Gasteiger charge is -2.21. The van der Waals surface area contributed by atoms with Gasteiger partial charge in [0, 0.05) is 6.10 Å². The summed E-state index contributed by atoms with van der Waals surface area (Å²) < 4.78 is 8.90. The van der Waals surface area contributed by atoms with Crippen LogP contribution in [0.15, 0.2) is 36.7 Å². The van der Waals surface area contributed by atoms with Crippen LogP contribution in [0.5, 0.6) is 5.75 Å². The van der Waals surface area contributed by atoms with Gasteiger partial charge in [0.1, 0.15) is 18.1 Å². The first-order chi connectivity index (χ1) is 8.15. The van der Waals surface area contributed by atoms with Crippen molar-refractivity contribution < 1.29 is 14.4 Å². The molecule has 0 saturated heterocycles. The second-order valence-electron chi connectivity index (χ2n) is 4.00. The van der Waals surface area contributed by atoms with Crippen LogP contribution < -0.4 is 14.4 Å². The van der Waals surface area contributed by atoms with Gasteiger partial charge in [-0.1, -0.05) is 18.2 Å². The Bertz CT molecular complexity index is 500. The van der Waals surface area contributed by atoms with Crippen molar-refractivity contribution in [1.82, 2.24) is 4.57 Å². The quantitative estimate of drug-likeness (QED) is 0.715. The predicted octanol–water partition coefficient (Wildman–Crippen LogP) is 0.308. The third-order valence-electron chi connectivity index (χ3n) is 2.89. The van der Waals surface area contributed by atoms with Crippen LogP contribution in [0, 0.1) is 0 Å². The van der Waals surface area contributed by atoms with E-state index in [2.05, 4.69) is 0 Å². The van der Waals surface area contributed by atoms with Crippen LogP contribution in [0.4, 0.5) is 0 Å². The minimum Gasteiger partial charge on any atom is -0.839 e. The molecule has 17 heavy (non-hydrogen) atoms. The van der Waals surface area contributed by atoms with E-state index in [1.807, 2.05) is 59.9 Å². The van der Waals surface area contributed by atoms with Crippen molar-refractivity contribution in [3.63, 3.8) is 0 Å². The zero-order valence-corrected chi connectivity index (χ0v) is 10.3. The number of hydrogen-bond acceptors (Lipinski definition) is 2. The third kappa shape index (κ3) is 2.03. The fourth-order valence-corrected chi connectivity index (χ4v) is 1.99. The van der Waals surface area contributed by atoms with Gasteiger partial charge in [-0.25, -0.2) is 9.13 Å². The molecule has 1 unspecified atom stereocenters. The number of imidazole rings is 1. The number of benzene rings is 1. The summed E-state index contributed by atoms with van der Waals surface area (Å²) in [4.78, 5) is 0. The molecule has 4 heteroatoms. The van der Waals surface area contributed by atoms with Crippen molar-refractivity contribution in [2.24, 2.45) is 14.1 Å². The maximum atomic E-state index is 12.5. The molecule has 0 aliphatic rings. The molecule has 0 bridgehead atoms. The van der Waals surface area contributed by atoms with E-state index in [0.29, 0.717) is 17.1 Å². The van der Waals surface area contributed by atoms with E-state index in [1.165, 1.54) is 0 Å². The summed E-state index contributed by atoms with van der Waals surface area (Å²) in [6, 6.07) is 7.33. The summed E-state index contributed by atoms with van der Waals surface area (Å²) in [5, 5.41) is 12.5. The smallest absolute Gasteiger partial charge is 0.246 e. The molecule has 0 aliphatic heterocycles. The molecule has 0 spiro atoms. The number of hydrogen-bond donors (Lipinski definition) is 0. The Balaban J connectivity index is 2.47. The van der Waals surface area contributed by atoms with Crippen LogP contribution in [-0.4, -0.2) is 11.7 Å². The number of methoxy groups -OCH3 is 1. The SMILES string of the molecule is COc1ccccc1C([O-])c1n(C)cc[n+]1C. The van der Waals surface area contributed by atoms with Crippen LogP contribution >= 0.6 is 0 Å². The summed E-state index contributed by atoms with van der Waals surface area (Å²) in [7, 11) is 5.32. The zero-order valence-electron chi connectivity index (χ0n) is 10.3. The molecule has 0 amide bonds. The highest BCUT2D eigenvalue weighted by molar-refractivity contribution is 5.36. The van der Waals surface area contributed by atoms with Gasteiger partial charge in [0.25, 0.3) is 0 Å². The zero-order chi connectivity index (χ0) is 12.4. The summed E-state index contributed by atoms with van der Waals surface area (Å²) in [5.74, 6) is 1.34. The lowest BCUT2D eigenvalue weighted by molar-refractivity contribution is -0.691. The second-order valence-corrected chi connectivity index (χ2v) is 4.00. The number of nitrogens with zero attached hydrogens (tertiary/aromatic N) is 2. The van der Waals surface area contributed by atoms with Gasteiger partial charge < -0.3 is 9.84 Å². The van der Waals surface area contributed by atoms with Crippen molar-refractivity contribution in [3.8, 4) is 5.75 Å². The summed E-state index contributed by atoms with van der Waals surface area (Å²) in [6.45, 7) is 0. The van der Waals surface area contributed by atoms with E-state index in [4.69, 9.17) is 4.74 Å². The van der Waals surface area contributed by atoms with Gasteiger partial charge in [-0.2, -0.15) is 0 Å². The van der Waals surface area contributed by atoms with Gasteiger partial charge >= 0.3 is 0 Å². The van der Waals surface area contributed by atoms with Crippen LogP contribution in [0.1, 0.15) is 17.5 Å². The summed E-state index contributed by atoms with van der Waals surface area (Å²) in [6.07, 6.45) is 2.79. The molecular formula is C13H16N2O2. The molecule has 2 rings (SSSR count). The number of para-hydroxylation sites is 1. The van der Waals surface area contributed by atoms with Gasteiger partial charge in [0.05, 0.1) is 21.2 Å². The highest BCUT2D eigenvalue weighted by Crippen LogP contribution is 2.25. The monoisotopic (exact) mass is 232 g/mol. The van der Waals surface area contributed by atoms with Crippen LogP contribution in [0.25, 0.3) is 0 Å². The highest BCUT2D eigenvalue weighted by Gasteiger charge is 2.18. The molecule has 0 aliphatic carbocycles. The number of aryl methyl sites for hydroxylation is 2. The van der Waals surface area contributed by atoms with Crippen molar-refractivity contribution in [2.45, 2.75) is 6.10 Å². The van der Waals surface area contributed by atoms with E-state index < -0.39 is 6.10 Å². The standard InChI is InChI=1S/C13H16N2O2/c1-14-8-9-15(2)13(14)12(16)10-6-4-5-7-11(10)17-3/h4-9,12H,1-3H3. The first-order valence-electron chi connectivity index (χ1n) is 5.44. The largest absolute Gasteiger partial charge is 0.839 e. The molecule has 0 fully saturated rings. The molecule has 1 aromatic carbocycles. The average Bonchev–Trinajstić information content (AvgIpc) is 2.68. The van der Waals surface area contributed by atoms with Gasteiger partial charge in [-0.15, -0.1) is 0 Å². The van der Waals surface area contributed by atoms with Crippen molar-refractivity contribution in [1.29, 1.82) is 0 Å². The fourth-order valence-electron chi connectivity index (χ4n) is 1.99. The highest BCUT2D eigenvalue weighted by atomic mass is 16.5. The molecule has 1 aromatic heterocycles. The minimum absolute atomic E-state index is 0.633. The average molecular weight is 232 g/mol. The lowest BCUT2D eigenvalue weighted by atomic mass is 10.1. The van der Waals surface area contributed by atoms with Gasteiger partial charge in [0.2, 0.25) is 5.82 Å². The van der Waals surface area contributed by atoms with Crippen LogP contribution in [-0.2, 0) is 14.1 Å². The normalized spacial score (nSPS) is 12.5. The van der Waals surface area contributed by atoms with Gasteiger partial charge in [0.15, 0.2) is 0 Å². The number of rotatable bonds is 3. The van der Waals surface area contributed by atoms with Crippen molar-refractivity contribution >= 4 is 0 Å². The Morgan fingerprint density at radius 2 is 2.06 bits per heavy atom. The number of ether oxygens (including phenoxy) is 1. The second kappa shape index (κ2) is 4.59. The maximum Gasteiger partial charge on any atom is 0.246 e. The minimum atomic E-state index is -0.948. The molecular weight excluding hydrogens is 216 g/mol. The van der Waals surface area contributed by atoms with Gasteiger partial charge in [-0.3, -0.25) is 0 Å². The van der Waals surface area contributed by atoms with Crippen LogP contribution in [0.2, 0.25) is 0 Å². The Hall–Kier alpha value is -1.81. The van der Waals surface area contributed by atoms with Crippen LogP contribution in [0.3, 0.4) is 0 Å². The van der Waals surface area contributed by atoms with Crippen molar-refractivity contribution in [2.75, 3.05) is 7.11 Å². The van der Waals surface area contributed by atoms with Crippen molar-refractivity contribution in [3.05, 3.63) is 48.0 Å². The van der Waals surface area contributed by atoms with E-state index in [0.717, 1.165) is 0 Å². The Morgan fingerprint density at radius 3 is 2.65 bits per heavy atom. The molecule has 1 heterocycles. The molecule has 90 valence electrons. The van der Waals surface area contributed by atoms with E-state index in [1.54, 1.807) is 7.11 Å². The molecule has 2 aromatic rings. The first kappa shape index (κ1) is 11.7. The topological polar surface area (TPSA) is 41.1 Å². The molecule has 0 N–H and O–H groups in total. The van der Waals surface area contributed by atoms with E-state index in [9.17, 15) is 5.11 Å². The van der Waals surface area contributed by atoms with Gasteiger partial charge in [-0.05, 0) is 11.6 Å².